The minimum absolute atomic E-state index is 0.0782. The van der Waals surface area contributed by atoms with Crippen LogP contribution in [-0.4, -0.2) is 38.9 Å². The molecule has 9 heteroatoms. The van der Waals surface area contributed by atoms with E-state index < -0.39 is 0 Å². The molecule has 1 aromatic carbocycles. The van der Waals surface area contributed by atoms with Gasteiger partial charge in [-0.25, -0.2) is 4.98 Å². The first-order valence-corrected chi connectivity index (χ1v) is 10.2. The first-order valence-electron chi connectivity index (χ1n) is 9.83. The fourth-order valence-corrected chi connectivity index (χ4v) is 3.13. The van der Waals surface area contributed by atoms with Crippen molar-refractivity contribution in [2.45, 2.75) is 33.4 Å². The number of carbonyl (C=O) groups excluding carboxylic acids is 1. The average Bonchev–Trinajstić information content (AvgIpc) is 3.12. The van der Waals surface area contributed by atoms with Gasteiger partial charge in [0.2, 0.25) is 11.8 Å². The van der Waals surface area contributed by atoms with E-state index in [9.17, 15) is 4.79 Å². The van der Waals surface area contributed by atoms with Crippen LogP contribution in [0.2, 0.25) is 0 Å². The monoisotopic (exact) mass is 427 g/mol. The van der Waals surface area contributed by atoms with Gasteiger partial charge in [-0.05, 0) is 62.0 Å². The predicted molar refractivity (Wildman–Crippen MR) is 116 cm³/mol. The normalized spacial score (nSPS) is 10.6. The summed E-state index contributed by atoms with van der Waals surface area (Å²) in [6, 6.07) is 11.3. The second kappa shape index (κ2) is 10.5. The summed E-state index contributed by atoms with van der Waals surface area (Å²) in [4.78, 5) is 16.5. The van der Waals surface area contributed by atoms with E-state index in [4.69, 9.17) is 21.7 Å². The topological polar surface area (TPSA) is 94.1 Å². The van der Waals surface area contributed by atoms with E-state index in [1.54, 1.807) is 6.20 Å². The molecule has 0 spiro atoms. The maximum atomic E-state index is 12.3. The third kappa shape index (κ3) is 5.66. The minimum atomic E-state index is -0.0782. The number of H-pyrrole nitrogens is 1. The van der Waals surface area contributed by atoms with Gasteiger partial charge in [0, 0.05) is 37.3 Å². The van der Waals surface area contributed by atoms with Gasteiger partial charge in [-0.15, -0.1) is 0 Å². The van der Waals surface area contributed by atoms with Crippen LogP contribution in [0.5, 0.6) is 11.6 Å². The molecular weight excluding hydrogens is 402 g/mol. The van der Waals surface area contributed by atoms with Crippen LogP contribution in [0.4, 0.5) is 0 Å². The second-order valence-electron chi connectivity index (χ2n) is 6.42. The fourth-order valence-electron chi connectivity index (χ4n) is 2.90. The zero-order valence-electron chi connectivity index (χ0n) is 17.1. The van der Waals surface area contributed by atoms with Gasteiger partial charge in [0.05, 0.1) is 13.2 Å². The third-order valence-electron chi connectivity index (χ3n) is 4.33. The molecule has 0 aliphatic carbocycles. The van der Waals surface area contributed by atoms with E-state index in [0.717, 1.165) is 16.9 Å². The van der Waals surface area contributed by atoms with Crippen LogP contribution in [-0.2, 0) is 17.9 Å². The maximum Gasteiger partial charge on any atom is 0.222 e. The second-order valence-corrected chi connectivity index (χ2v) is 6.81. The highest BCUT2D eigenvalue weighted by molar-refractivity contribution is 7.71. The van der Waals surface area contributed by atoms with E-state index in [1.807, 2.05) is 54.8 Å². The van der Waals surface area contributed by atoms with Crippen LogP contribution in [0.25, 0.3) is 11.4 Å². The van der Waals surface area contributed by atoms with Crippen molar-refractivity contribution in [2.75, 3.05) is 13.2 Å². The predicted octanol–water partition coefficient (Wildman–Crippen LogP) is 3.51. The molecule has 0 unspecified atom stereocenters. The van der Waals surface area contributed by atoms with Crippen molar-refractivity contribution in [3.63, 3.8) is 0 Å². The van der Waals surface area contributed by atoms with Crippen molar-refractivity contribution >= 4 is 18.1 Å². The number of pyridine rings is 1. The lowest BCUT2D eigenvalue weighted by Crippen LogP contribution is -2.24. The highest BCUT2D eigenvalue weighted by Crippen LogP contribution is 2.21. The molecule has 0 atom stereocenters. The molecule has 2 heterocycles. The van der Waals surface area contributed by atoms with Crippen LogP contribution in [0.1, 0.15) is 25.8 Å². The molecule has 0 aliphatic rings. The number of hydrogen-bond acceptors (Lipinski definition) is 6. The molecule has 0 aliphatic heterocycles. The zero-order valence-corrected chi connectivity index (χ0v) is 17.9. The van der Waals surface area contributed by atoms with Crippen molar-refractivity contribution in [3.8, 4) is 23.0 Å². The molecular formula is C21H25N5O3S. The molecule has 1 amide bonds. The van der Waals surface area contributed by atoms with Gasteiger partial charge in [-0.3, -0.25) is 14.5 Å². The van der Waals surface area contributed by atoms with E-state index in [1.165, 1.54) is 0 Å². The molecule has 0 fully saturated rings. The van der Waals surface area contributed by atoms with Crippen LogP contribution >= 0.6 is 12.2 Å². The van der Waals surface area contributed by atoms with Gasteiger partial charge >= 0.3 is 0 Å². The number of rotatable bonds is 10. The SMILES string of the molecule is CCOc1ccc(-c2n[nH]c(=S)n2CCC(=O)NCc2ccnc(OCC)c2)cc1. The van der Waals surface area contributed by atoms with Gasteiger partial charge < -0.3 is 14.8 Å². The quantitative estimate of drug-likeness (QED) is 0.481. The standard InChI is InChI=1S/C21H25N5O3S/c1-3-28-17-7-5-16(6-8-17)20-24-25-21(30)26(20)12-10-18(27)23-14-15-9-11-22-19(13-15)29-4-2/h5-9,11,13H,3-4,10,12,14H2,1-2H3,(H,23,27)(H,25,30). The largest absolute Gasteiger partial charge is 0.494 e. The average molecular weight is 428 g/mol. The number of nitrogens with one attached hydrogen (secondary N) is 2. The maximum absolute atomic E-state index is 12.3. The van der Waals surface area contributed by atoms with Crippen LogP contribution in [0.3, 0.4) is 0 Å². The van der Waals surface area contributed by atoms with Crippen molar-refractivity contribution in [1.29, 1.82) is 0 Å². The number of carbonyl (C=O) groups is 1. The first kappa shape index (κ1) is 21.5. The first-order chi connectivity index (χ1) is 14.6. The summed E-state index contributed by atoms with van der Waals surface area (Å²) in [5, 5.41) is 10.0. The molecule has 2 N–H and O–H groups in total. The highest BCUT2D eigenvalue weighted by Gasteiger charge is 2.11. The lowest BCUT2D eigenvalue weighted by atomic mass is 10.2. The lowest BCUT2D eigenvalue weighted by molar-refractivity contribution is -0.121. The van der Waals surface area contributed by atoms with E-state index >= 15 is 0 Å². The van der Waals surface area contributed by atoms with Crippen molar-refractivity contribution in [1.82, 2.24) is 25.1 Å². The van der Waals surface area contributed by atoms with Gasteiger partial charge in [-0.2, -0.15) is 5.10 Å². The van der Waals surface area contributed by atoms with Crippen molar-refractivity contribution in [2.24, 2.45) is 0 Å². The number of ether oxygens (including phenoxy) is 2. The Kier molecular flexibility index (Phi) is 7.56. The zero-order chi connectivity index (χ0) is 21.3. The van der Waals surface area contributed by atoms with Gasteiger partial charge in [0.1, 0.15) is 5.75 Å². The summed E-state index contributed by atoms with van der Waals surface area (Å²) >= 11 is 5.34. The summed E-state index contributed by atoms with van der Waals surface area (Å²) in [5.41, 5.74) is 1.82. The molecule has 0 radical (unpaired) electrons. The molecule has 2 aromatic heterocycles. The van der Waals surface area contributed by atoms with Crippen molar-refractivity contribution in [3.05, 3.63) is 52.9 Å². The molecule has 0 saturated heterocycles. The number of amides is 1. The molecule has 8 nitrogen and oxygen atoms in total. The number of hydrogen-bond donors (Lipinski definition) is 2. The molecule has 3 aromatic rings. The Balaban J connectivity index is 1.59. The van der Waals surface area contributed by atoms with Crippen molar-refractivity contribution < 1.29 is 14.3 Å². The molecule has 0 saturated carbocycles. The Bertz CT molecular complexity index is 1030. The summed E-state index contributed by atoms with van der Waals surface area (Å²) in [6.45, 7) is 5.83. The Morgan fingerprint density at radius 2 is 1.93 bits per heavy atom. The Morgan fingerprint density at radius 3 is 2.67 bits per heavy atom. The number of aromatic nitrogens is 4. The molecule has 3 rings (SSSR count). The van der Waals surface area contributed by atoms with Gasteiger partial charge in [0.25, 0.3) is 0 Å². The smallest absolute Gasteiger partial charge is 0.222 e. The summed E-state index contributed by atoms with van der Waals surface area (Å²) in [5.74, 6) is 1.95. The number of aromatic amines is 1. The van der Waals surface area contributed by atoms with E-state index in [-0.39, 0.29) is 12.3 Å². The summed E-state index contributed by atoms with van der Waals surface area (Å²) in [7, 11) is 0. The third-order valence-corrected chi connectivity index (χ3v) is 4.64. The van der Waals surface area contributed by atoms with Gasteiger partial charge in [-0.1, -0.05) is 0 Å². The van der Waals surface area contributed by atoms with Crippen LogP contribution < -0.4 is 14.8 Å². The Hall–Kier alpha value is -3.20. The number of benzene rings is 1. The van der Waals surface area contributed by atoms with Crippen LogP contribution in [0, 0.1) is 4.77 Å². The van der Waals surface area contributed by atoms with E-state index in [0.29, 0.717) is 42.8 Å². The lowest BCUT2D eigenvalue weighted by Gasteiger charge is -2.09. The summed E-state index contributed by atoms with van der Waals surface area (Å²) < 4.78 is 13.2. The summed E-state index contributed by atoms with van der Waals surface area (Å²) in [6.07, 6.45) is 1.95. The minimum Gasteiger partial charge on any atom is -0.494 e. The Labute approximate surface area is 180 Å². The van der Waals surface area contributed by atoms with Gasteiger partial charge in [0.15, 0.2) is 10.6 Å². The van der Waals surface area contributed by atoms with E-state index in [2.05, 4.69) is 20.5 Å². The molecule has 30 heavy (non-hydrogen) atoms. The Morgan fingerprint density at radius 1 is 1.17 bits per heavy atom. The number of nitrogens with zero attached hydrogens (tertiary/aromatic N) is 3. The van der Waals surface area contributed by atoms with Crippen LogP contribution in [0.15, 0.2) is 42.6 Å². The highest BCUT2D eigenvalue weighted by atomic mass is 32.1. The molecule has 158 valence electrons. The fraction of sp³-hybridized carbons (Fsp3) is 0.333. The molecule has 0 bridgehead atoms.